The van der Waals surface area contributed by atoms with E-state index in [-0.39, 0.29) is 24.3 Å². The molecule has 6 nitrogen and oxygen atoms in total. The summed E-state index contributed by atoms with van der Waals surface area (Å²) in [5.41, 5.74) is 3.13. The molecule has 3 rings (SSSR count). The SMILES string of the molecule is Cc1cccc(-n2cc(CN(C)C(=O)CN3CC[C@H](C)C3=O)cn2)c1. The fraction of sp³-hybridized carbons (Fsp3) is 0.421. The zero-order chi connectivity index (χ0) is 18.0. The predicted molar refractivity (Wildman–Crippen MR) is 95.1 cm³/mol. The van der Waals surface area contributed by atoms with Gasteiger partial charge in [0.25, 0.3) is 0 Å². The van der Waals surface area contributed by atoms with Crippen molar-refractivity contribution < 1.29 is 9.59 Å². The van der Waals surface area contributed by atoms with E-state index in [1.165, 1.54) is 5.56 Å². The molecule has 1 fully saturated rings. The van der Waals surface area contributed by atoms with Crippen LogP contribution in [0.5, 0.6) is 0 Å². The van der Waals surface area contributed by atoms with Gasteiger partial charge in [0.1, 0.15) is 0 Å². The van der Waals surface area contributed by atoms with Crippen molar-refractivity contribution in [2.75, 3.05) is 20.1 Å². The number of amides is 2. The van der Waals surface area contributed by atoms with Crippen LogP contribution in [-0.2, 0) is 16.1 Å². The van der Waals surface area contributed by atoms with Gasteiger partial charge in [0.15, 0.2) is 0 Å². The molecule has 0 radical (unpaired) electrons. The second kappa shape index (κ2) is 7.09. The van der Waals surface area contributed by atoms with E-state index in [1.54, 1.807) is 23.0 Å². The smallest absolute Gasteiger partial charge is 0.242 e. The third-order valence-corrected chi connectivity index (χ3v) is 4.64. The lowest BCUT2D eigenvalue weighted by atomic mass is 10.1. The molecule has 25 heavy (non-hydrogen) atoms. The Balaban J connectivity index is 1.60. The first-order valence-electron chi connectivity index (χ1n) is 8.57. The fourth-order valence-electron chi connectivity index (χ4n) is 3.05. The summed E-state index contributed by atoms with van der Waals surface area (Å²) in [6.07, 6.45) is 4.54. The summed E-state index contributed by atoms with van der Waals surface area (Å²) in [7, 11) is 1.76. The Bertz CT molecular complexity index is 783. The van der Waals surface area contributed by atoms with Gasteiger partial charge in [0.2, 0.25) is 11.8 Å². The van der Waals surface area contributed by atoms with Gasteiger partial charge in [-0.1, -0.05) is 19.1 Å². The summed E-state index contributed by atoms with van der Waals surface area (Å²) < 4.78 is 1.81. The van der Waals surface area contributed by atoms with E-state index in [0.717, 1.165) is 17.7 Å². The van der Waals surface area contributed by atoms with Crippen molar-refractivity contribution in [2.45, 2.75) is 26.8 Å². The number of nitrogens with zero attached hydrogens (tertiary/aromatic N) is 4. The first-order chi connectivity index (χ1) is 11.9. The number of likely N-dealkylation sites (tertiary alicyclic amines) is 1. The highest BCUT2D eigenvalue weighted by Crippen LogP contribution is 2.17. The van der Waals surface area contributed by atoms with Gasteiger partial charge in [-0.25, -0.2) is 4.68 Å². The zero-order valence-electron chi connectivity index (χ0n) is 15.0. The van der Waals surface area contributed by atoms with Gasteiger partial charge in [-0.2, -0.15) is 5.10 Å². The molecule has 1 aromatic carbocycles. The lowest BCUT2D eigenvalue weighted by molar-refractivity contribution is -0.139. The minimum atomic E-state index is -0.0502. The molecule has 2 amide bonds. The third kappa shape index (κ3) is 3.90. The molecule has 1 aliphatic heterocycles. The summed E-state index contributed by atoms with van der Waals surface area (Å²) in [6.45, 7) is 5.26. The van der Waals surface area contributed by atoms with Crippen LogP contribution < -0.4 is 0 Å². The van der Waals surface area contributed by atoms with Crippen LogP contribution >= 0.6 is 0 Å². The van der Waals surface area contributed by atoms with Crippen molar-refractivity contribution in [3.05, 3.63) is 47.8 Å². The van der Waals surface area contributed by atoms with Gasteiger partial charge >= 0.3 is 0 Å². The third-order valence-electron chi connectivity index (χ3n) is 4.64. The van der Waals surface area contributed by atoms with E-state index in [1.807, 2.05) is 42.9 Å². The van der Waals surface area contributed by atoms with Gasteiger partial charge in [-0.15, -0.1) is 0 Å². The van der Waals surface area contributed by atoms with Crippen LogP contribution in [0.2, 0.25) is 0 Å². The van der Waals surface area contributed by atoms with E-state index in [2.05, 4.69) is 11.2 Å². The van der Waals surface area contributed by atoms with Gasteiger partial charge in [-0.05, 0) is 31.0 Å². The number of likely N-dealkylation sites (N-methyl/N-ethyl adjacent to an activating group) is 1. The van der Waals surface area contributed by atoms with Crippen molar-refractivity contribution in [3.8, 4) is 5.69 Å². The van der Waals surface area contributed by atoms with Crippen molar-refractivity contribution in [1.29, 1.82) is 0 Å². The first kappa shape index (κ1) is 17.2. The summed E-state index contributed by atoms with van der Waals surface area (Å²) in [5, 5.41) is 4.38. The first-order valence-corrected chi connectivity index (χ1v) is 8.57. The van der Waals surface area contributed by atoms with E-state index in [4.69, 9.17) is 0 Å². The molecule has 0 N–H and O–H groups in total. The summed E-state index contributed by atoms with van der Waals surface area (Å²) in [6, 6.07) is 8.10. The number of benzene rings is 1. The van der Waals surface area contributed by atoms with Crippen LogP contribution in [0.15, 0.2) is 36.7 Å². The lowest BCUT2D eigenvalue weighted by Crippen LogP contribution is -2.39. The molecular formula is C19H24N4O2. The number of carbonyl (C=O) groups excluding carboxylic acids is 2. The monoisotopic (exact) mass is 340 g/mol. The van der Waals surface area contributed by atoms with Crippen molar-refractivity contribution in [1.82, 2.24) is 19.6 Å². The number of aromatic nitrogens is 2. The van der Waals surface area contributed by atoms with E-state index < -0.39 is 0 Å². The highest BCUT2D eigenvalue weighted by Gasteiger charge is 2.29. The predicted octanol–water partition coefficient (Wildman–Crippen LogP) is 2.01. The van der Waals surface area contributed by atoms with Crippen LogP contribution in [0.4, 0.5) is 0 Å². The molecule has 1 aromatic heterocycles. The Kier molecular flexibility index (Phi) is 4.88. The van der Waals surface area contributed by atoms with Crippen LogP contribution in [0.1, 0.15) is 24.5 Å². The van der Waals surface area contributed by atoms with Crippen molar-refractivity contribution >= 4 is 11.8 Å². The van der Waals surface area contributed by atoms with Crippen molar-refractivity contribution in [2.24, 2.45) is 5.92 Å². The quantitative estimate of drug-likeness (QED) is 0.836. The molecule has 6 heteroatoms. The molecule has 0 unspecified atom stereocenters. The maximum atomic E-state index is 12.4. The molecule has 1 saturated heterocycles. The normalized spacial score (nSPS) is 17.2. The van der Waals surface area contributed by atoms with Crippen LogP contribution in [0, 0.1) is 12.8 Å². The largest absolute Gasteiger partial charge is 0.340 e. The standard InChI is InChI=1S/C19H24N4O2/c1-14-5-4-6-17(9-14)23-12-16(10-20-23)11-21(3)18(24)13-22-8-7-15(2)19(22)25/h4-6,9-10,12,15H,7-8,11,13H2,1-3H3/t15-/m0/s1. The number of hydrogen-bond donors (Lipinski definition) is 0. The molecule has 1 aliphatic rings. The minimum absolute atomic E-state index is 0.0330. The summed E-state index contributed by atoms with van der Waals surface area (Å²) >= 11 is 0. The Morgan fingerprint density at radius 1 is 1.40 bits per heavy atom. The van der Waals surface area contributed by atoms with Crippen LogP contribution in [0.3, 0.4) is 0 Å². The maximum Gasteiger partial charge on any atom is 0.242 e. The van der Waals surface area contributed by atoms with E-state index >= 15 is 0 Å². The molecule has 0 aliphatic carbocycles. The molecule has 1 atom stereocenters. The molecule has 132 valence electrons. The maximum absolute atomic E-state index is 12.4. The summed E-state index contributed by atoms with van der Waals surface area (Å²) in [5.74, 6) is 0.0606. The molecular weight excluding hydrogens is 316 g/mol. The molecule has 2 aromatic rings. The number of aryl methyl sites for hydroxylation is 1. The van der Waals surface area contributed by atoms with Crippen molar-refractivity contribution in [3.63, 3.8) is 0 Å². The number of hydrogen-bond acceptors (Lipinski definition) is 3. The highest BCUT2D eigenvalue weighted by atomic mass is 16.2. The molecule has 0 bridgehead atoms. The Morgan fingerprint density at radius 2 is 2.20 bits per heavy atom. The Labute approximate surface area is 148 Å². The topological polar surface area (TPSA) is 58.4 Å². The Hall–Kier alpha value is -2.63. The van der Waals surface area contributed by atoms with Crippen LogP contribution in [-0.4, -0.2) is 51.5 Å². The van der Waals surface area contributed by atoms with Gasteiger partial charge in [-0.3, -0.25) is 9.59 Å². The zero-order valence-corrected chi connectivity index (χ0v) is 15.0. The average molecular weight is 340 g/mol. The number of carbonyl (C=O) groups is 2. The summed E-state index contributed by atoms with van der Waals surface area (Å²) in [4.78, 5) is 27.6. The van der Waals surface area contributed by atoms with Gasteiger partial charge < -0.3 is 9.80 Å². The molecule has 0 spiro atoms. The minimum Gasteiger partial charge on any atom is -0.340 e. The Morgan fingerprint density at radius 3 is 2.88 bits per heavy atom. The average Bonchev–Trinajstić information content (AvgIpc) is 3.17. The second-order valence-corrected chi connectivity index (χ2v) is 6.83. The molecule has 2 heterocycles. The van der Waals surface area contributed by atoms with Gasteiger partial charge in [0, 0.05) is 37.8 Å². The highest BCUT2D eigenvalue weighted by molar-refractivity contribution is 5.86. The fourth-order valence-corrected chi connectivity index (χ4v) is 3.05. The lowest BCUT2D eigenvalue weighted by Gasteiger charge is -2.21. The number of rotatable bonds is 5. The second-order valence-electron chi connectivity index (χ2n) is 6.83. The van der Waals surface area contributed by atoms with Crippen LogP contribution in [0.25, 0.3) is 5.69 Å². The van der Waals surface area contributed by atoms with E-state index in [9.17, 15) is 9.59 Å². The molecule has 0 saturated carbocycles. The van der Waals surface area contributed by atoms with Gasteiger partial charge in [0.05, 0.1) is 18.4 Å². The van der Waals surface area contributed by atoms with E-state index in [0.29, 0.717) is 13.1 Å².